The van der Waals surface area contributed by atoms with Gasteiger partial charge in [0.2, 0.25) is 5.91 Å². The van der Waals surface area contributed by atoms with Crippen LogP contribution < -0.4 is 5.32 Å². The summed E-state index contributed by atoms with van der Waals surface area (Å²) < 4.78 is 0. The van der Waals surface area contributed by atoms with Gasteiger partial charge >= 0.3 is 0 Å². The third-order valence-corrected chi connectivity index (χ3v) is 7.31. The normalized spacial score (nSPS) is 21.4. The summed E-state index contributed by atoms with van der Waals surface area (Å²) in [4.78, 5) is 31.3. The summed E-state index contributed by atoms with van der Waals surface area (Å²) in [6, 6.07) is 9.51. The largest absolute Gasteiger partial charge is 0.337 e. The smallest absolute Gasteiger partial charge is 0.263 e. The number of likely N-dealkylation sites (tertiary alicyclic amines) is 2. The highest BCUT2D eigenvalue weighted by Crippen LogP contribution is 2.32. The van der Waals surface area contributed by atoms with E-state index in [4.69, 9.17) is 11.6 Å². The van der Waals surface area contributed by atoms with Crippen molar-refractivity contribution < 1.29 is 9.59 Å². The molecule has 4 rings (SSSR count). The second-order valence-electron chi connectivity index (χ2n) is 8.16. The molecule has 2 aliphatic heterocycles. The Kier molecular flexibility index (Phi) is 5.95. The van der Waals surface area contributed by atoms with Crippen LogP contribution in [0.1, 0.15) is 26.5 Å². The van der Waals surface area contributed by atoms with Crippen LogP contribution in [-0.2, 0) is 4.79 Å². The molecule has 2 unspecified atom stereocenters. The maximum atomic E-state index is 12.7. The van der Waals surface area contributed by atoms with Crippen LogP contribution in [0.2, 0.25) is 5.02 Å². The first kappa shape index (κ1) is 20.4. The Balaban J connectivity index is 1.23. The van der Waals surface area contributed by atoms with E-state index in [1.807, 2.05) is 43.0 Å². The number of nitrogens with zero attached hydrogens (tertiary/aromatic N) is 2. The summed E-state index contributed by atoms with van der Waals surface area (Å²) in [6.07, 6.45) is 0.460. The number of hydrogen-bond acceptors (Lipinski definition) is 4. The predicted molar refractivity (Wildman–Crippen MR) is 118 cm³/mol. The highest BCUT2D eigenvalue weighted by molar-refractivity contribution is 7.13. The second kappa shape index (κ2) is 8.46. The summed E-state index contributed by atoms with van der Waals surface area (Å²) in [7, 11) is 0. The van der Waals surface area contributed by atoms with Gasteiger partial charge in [0, 0.05) is 54.7 Å². The van der Waals surface area contributed by atoms with Gasteiger partial charge in [0.25, 0.3) is 5.91 Å². The molecule has 0 bridgehead atoms. The van der Waals surface area contributed by atoms with Gasteiger partial charge in [0.15, 0.2) is 0 Å². The van der Waals surface area contributed by atoms with Crippen molar-refractivity contribution in [2.24, 2.45) is 11.8 Å². The van der Waals surface area contributed by atoms with Gasteiger partial charge in [-0.2, -0.15) is 0 Å². The third-order valence-electron chi connectivity index (χ3n) is 5.91. The summed E-state index contributed by atoms with van der Waals surface area (Å²) in [5.41, 5.74) is 1.73. The van der Waals surface area contributed by atoms with Crippen LogP contribution in [0.4, 0.5) is 5.69 Å². The van der Waals surface area contributed by atoms with Crippen LogP contribution >= 0.6 is 22.9 Å². The minimum absolute atomic E-state index is 0.00634. The van der Waals surface area contributed by atoms with E-state index in [1.165, 1.54) is 4.88 Å². The molecule has 2 fully saturated rings. The molecule has 1 aromatic heterocycles. The van der Waals surface area contributed by atoms with Crippen LogP contribution in [0.25, 0.3) is 0 Å². The van der Waals surface area contributed by atoms with Crippen molar-refractivity contribution in [1.29, 1.82) is 0 Å². The first-order valence-electron chi connectivity index (χ1n) is 10.0. The third kappa shape index (κ3) is 4.65. The van der Waals surface area contributed by atoms with E-state index < -0.39 is 0 Å². The van der Waals surface area contributed by atoms with Gasteiger partial charge in [-0.3, -0.25) is 9.59 Å². The van der Waals surface area contributed by atoms with Crippen molar-refractivity contribution in [3.8, 4) is 0 Å². The molecular formula is C22H26ClN3O2S. The number of rotatable bonds is 5. The lowest BCUT2D eigenvalue weighted by molar-refractivity contribution is -0.116. The molecular weight excluding hydrogens is 406 g/mol. The summed E-state index contributed by atoms with van der Waals surface area (Å²) in [6.45, 7) is 8.28. The highest BCUT2D eigenvalue weighted by Gasteiger charge is 2.41. The monoisotopic (exact) mass is 431 g/mol. The summed E-state index contributed by atoms with van der Waals surface area (Å²) >= 11 is 7.69. The maximum Gasteiger partial charge on any atom is 0.263 e. The van der Waals surface area contributed by atoms with E-state index in [0.29, 0.717) is 23.3 Å². The van der Waals surface area contributed by atoms with Crippen molar-refractivity contribution in [3.05, 3.63) is 50.7 Å². The minimum atomic E-state index is 0.00634. The van der Waals surface area contributed by atoms with Crippen molar-refractivity contribution in [3.63, 3.8) is 0 Å². The Morgan fingerprint density at radius 3 is 2.45 bits per heavy atom. The average Bonchev–Trinajstić information content (AvgIpc) is 3.37. The topological polar surface area (TPSA) is 52.7 Å². The zero-order valence-corrected chi connectivity index (χ0v) is 18.4. The summed E-state index contributed by atoms with van der Waals surface area (Å²) in [5.74, 6) is 1.20. The Hall–Kier alpha value is -1.89. The van der Waals surface area contributed by atoms with Crippen molar-refractivity contribution in [2.75, 3.05) is 38.0 Å². The first-order chi connectivity index (χ1) is 13.9. The number of anilines is 1. The number of hydrogen-bond donors (Lipinski definition) is 1. The van der Waals surface area contributed by atoms with Crippen LogP contribution in [0.3, 0.4) is 0 Å². The van der Waals surface area contributed by atoms with Gasteiger partial charge in [-0.05, 0) is 55.5 Å². The summed E-state index contributed by atoms with van der Waals surface area (Å²) in [5, 5.41) is 3.58. The lowest BCUT2D eigenvalue weighted by Crippen LogP contribution is -2.33. The van der Waals surface area contributed by atoms with Crippen molar-refractivity contribution in [1.82, 2.24) is 9.80 Å². The molecule has 154 valence electrons. The van der Waals surface area contributed by atoms with Crippen LogP contribution in [0.15, 0.2) is 30.3 Å². The van der Waals surface area contributed by atoms with E-state index in [2.05, 4.69) is 10.2 Å². The van der Waals surface area contributed by atoms with Gasteiger partial charge in [-0.1, -0.05) is 17.7 Å². The van der Waals surface area contributed by atoms with E-state index >= 15 is 0 Å². The highest BCUT2D eigenvalue weighted by atomic mass is 35.5. The van der Waals surface area contributed by atoms with Gasteiger partial charge < -0.3 is 15.1 Å². The SMILES string of the molecule is Cc1ccc(C(=O)N2CC3CN(CCC(=O)Nc4ccc(C)c(Cl)c4)CC3C2)s1. The van der Waals surface area contributed by atoms with E-state index in [-0.39, 0.29) is 11.8 Å². The molecule has 0 aliphatic carbocycles. The van der Waals surface area contributed by atoms with Crippen molar-refractivity contribution >= 4 is 40.4 Å². The molecule has 2 saturated heterocycles. The van der Waals surface area contributed by atoms with Gasteiger partial charge in [-0.25, -0.2) is 0 Å². The van der Waals surface area contributed by atoms with Gasteiger partial charge in [-0.15, -0.1) is 11.3 Å². The molecule has 1 aromatic carbocycles. The molecule has 2 aliphatic rings. The Labute approximate surface area is 180 Å². The van der Waals surface area contributed by atoms with Gasteiger partial charge in [0.05, 0.1) is 4.88 Å². The molecule has 1 N–H and O–H groups in total. The van der Waals surface area contributed by atoms with E-state index in [1.54, 1.807) is 17.4 Å². The first-order valence-corrected chi connectivity index (χ1v) is 11.2. The van der Waals surface area contributed by atoms with Crippen LogP contribution in [0.5, 0.6) is 0 Å². The number of nitrogens with one attached hydrogen (secondary N) is 1. The van der Waals surface area contributed by atoms with Crippen molar-refractivity contribution in [2.45, 2.75) is 20.3 Å². The number of carbonyl (C=O) groups is 2. The molecule has 0 radical (unpaired) electrons. The van der Waals surface area contributed by atoms with E-state index in [9.17, 15) is 9.59 Å². The standard InChI is InChI=1S/C22H26ClN3O2S/c1-14-3-5-18(9-19(14)23)24-21(27)7-8-25-10-16-12-26(13-17(16)11-25)22(28)20-6-4-15(2)29-20/h3-6,9,16-17H,7-8,10-13H2,1-2H3,(H,24,27). The number of halogens is 1. The Morgan fingerprint density at radius 2 is 1.83 bits per heavy atom. The zero-order chi connectivity index (χ0) is 20.5. The maximum absolute atomic E-state index is 12.7. The lowest BCUT2D eigenvalue weighted by atomic mass is 10.0. The number of amides is 2. The average molecular weight is 432 g/mol. The quantitative estimate of drug-likeness (QED) is 0.776. The van der Waals surface area contributed by atoms with Crippen LogP contribution in [-0.4, -0.2) is 54.3 Å². The minimum Gasteiger partial charge on any atom is -0.337 e. The molecule has 0 spiro atoms. The molecule has 0 saturated carbocycles. The number of aryl methyl sites for hydroxylation is 2. The fourth-order valence-corrected chi connectivity index (χ4v) is 5.31. The molecule has 3 heterocycles. The van der Waals surface area contributed by atoms with Gasteiger partial charge in [0.1, 0.15) is 0 Å². The molecule has 5 nitrogen and oxygen atoms in total. The fourth-order valence-electron chi connectivity index (χ4n) is 4.30. The lowest BCUT2D eigenvalue weighted by Gasteiger charge is -2.21. The zero-order valence-electron chi connectivity index (χ0n) is 16.8. The van der Waals surface area contributed by atoms with Crippen LogP contribution in [0, 0.1) is 25.7 Å². The number of benzene rings is 1. The Bertz CT molecular complexity index is 915. The second-order valence-corrected chi connectivity index (χ2v) is 9.86. The number of thiophene rings is 1. The molecule has 2 aromatic rings. The molecule has 2 amide bonds. The number of fused-ring (bicyclic) bond motifs is 1. The fraction of sp³-hybridized carbons (Fsp3) is 0.455. The Morgan fingerprint density at radius 1 is 1.10 bits per heavy atom. The molecule has 29 heavy (non-hydrogen) atoms. The molecule has 2 atom stereocenters. The predicted octanol–water partition coefficient (Wildman–Crippen LogP) is 4.05. The number of carbonyl (C=O) groups excluding carboxylic acids is 2. The molecule has 7 heteroatoms. The van der Waals surface area contributed by atoms with E-state index in [0.717, 1.165) is 48.9 Å².